The highest BCUT2D eigenvalue weighted by atomic mass is 32.2. The molecule has 0 amide bonds. The summed E-state index contributed by atoms with van der Waals surface area (Å²) in [4.78, 5) is 10.5. The van der Waals surface area contributed by atoms with Gasteiger partial charge in [-0.3, -0.25) is 10.1 Å². The molecule has 136 valence electrons. The maximum Gasteiger partial charge on any atom is 0.312 e. The Morgan fingerprint density at radius 3 is 2.46 bits per heavy atom. The van der Waals surface area contributed by atoms with Crippen molar-refractivity contribution in [3.8, 4) is 17.6 Å². The van der Waals surface area contributed by atoms with Crippen LogP contribution in [0.2, 0.25) is 0 Å². The van der Waals surface area contributed by atoms with E-state index in [1.54, 1.807) is 32.0 Å². The zero-order valence-electron chi connectivity index (χ0n) is 14.2. The maximum atomic E-state index is 12.5. The van der Waals surface area contributed by atoms with Crippen LogP contribution in [0.25, 0.3) is 0 Å². The van der Waals surface area contributed by atoms with E-state index < -0.39 is 20.6 Å². The number of nitro groups is 1. The molecule has 2 aromatic carbocycles. The molecule has 0 fully saturated rings. The summed E-state index contributed by atoms with van der Waals surface area (Å²) in [6.07, 6.45) is 0. The van der Waals surface area contributed by atoms with Crippen molar-refractivity contribution in [2.24, 2.45) is 0 Å². The average molecular weight is 375 g/mol. The van der Waals surface area contributed by atoms with Crippen molar-refractivity contribution in [2.45, 2.75) is 18.7 Å². The zero-order chi connectivity index (χ0) is 19.3. The lowest BCUT2D eigenvalue weighted by atomic mass is 10.2. The minimum absolute atomic E-state index is 0.108. The van der Waals surface area contributed by atoms with E-state index >= 15 is 0 Å². The molecule has 0 unspecified atom stereocenters. The van der Waals surface area contributed by atoms with Gasteiger partial charge in [0.1, 0.15) is 5.75 Å². The summed E-state index contributed by atoms with van der Waals surface area (Å²) in [6.45, 7) is 3.89. The van der Waals surface area contributed by atoms with Crippen LogP contribution in [-0.2, 0) is 10.0 Å². The van der Waals surface area contributed by atoms with Crippen LogP contribution in [0.15, 0.2) is 47.4 Å². The molecule has 8 nitrogen and oxygen atoms in total. The van der Waals surface area contributed by atoms with Crippen LogP contribution in [0, 0.1) is 21.4 Å². The van der Waals surface area contributed by atoms with Gasteiger partial charge in [0.2, 0.25) is 15.8 Å². The second kappa shape index (κ2) is 7.95. The third-order valence-electron chi connectivity index (χ3n) is 3.66. The SMILES string of the molecule is CCN(CC)S(=O)(=O)c1ccc(Oc2cccc(C#N)c2)c([N+](=O)[O-])c1. The van der Waals surface area contributed by atoms with Gasteiger partial charge < -0.3 is 4.74 Å². The molecule has 0 heterocycles. The second-order valence-corrected chi connectivity index (χ2v) is 7.16. The molecule has 0 spiro atoms. The predicted molar refractivity (Wildman–Crippen MR) is 94.4 cm³/mol. The number of nitrogens with zero attached hydrogens (tertiary/aromatic N) is 3. The number of ether oxygens (including phenoxy) is 1. The molecule has 0 N–H and O–H groups in total. The lowest BCUT2D eigenvalue weighted by Crippen LogP contribution is -2.30. The molecule has 0 aliphatic carbocycles. The van der Waals surface area contributed by atoms with E-state index in [1.807, 2.05) is 6.07 Å². The number of nitriles is 1. The van der Waals surface area contributed by atoms with Crippen molar-refractivity contribution in [3.05, 3.63) is 58.1 Å². The molecule has 0 aromatic heterocycles. The molecule has 9 heteroatoms. The Bertz CT molecular complexity index is 963. The molecule has 2 aromatic rings. The van der Waals surface area contributed by atoms with Crippen molar-refractivity contribution < 1.29 is 18.1 Å². The van der Waals surface area contributed by atoms with Gasteiger partial charge in [0.05, 0.1) is 21.5 Å². The van der Waals surface area contributed by atoms with Gasteiger partial charge in [-0.15, -0.1) is 0 Å². The number of hydrogen-bond donors (Lipinski definition) is 0. The number of sulfonamides is 1. The minimum Gasteiger partial charge on any atom is -0.450 e. The highest BCUT2D eigenvalue weighted by molar-refractivity contribution is 7.89. The highest BCUT2D eigenvalue weighted by Gasteiger charge is 2.26. The van der Waals surface area contributed by atoms with Gasteiger partial charge in [-0.2, -0.15) is 9.57 Å². The van der Waals surface area contributed by atoms with Crippen molar-refractivity contribution >= 4 is 15.7 Å². The first-order valence-electron chi connectivity index (χ1n) is 7.80. The molecular formula is C17H17N3O5S. The van der Waals surface area contributed by atoms with Crippen molar-refractivity contribution in [1.29, 1.82) is 5.26 Å². The van der Waals surface area contributed by atoms with Crippen molar-refractivity contribution in [2.75, 3.05) is 13.1 Å². The molecule has 0 aliphatic rings. The van der Waals surface area contributed by atoms with Crippen LogP contribution < -0.4 is 4.74 Å². The molecule has 0 atom stereocenters. The third kappa shape index (κ3) is 3.99. The van der Waals surface area contributed by atoms with Crippen LogP contribution in [0.4, 0.5) is 5.69 Å². The predicted octanol–water partition coefficient (Wildman–Crippen LogP) is 3.29. The van der Waals surface area contributed by atoms with E-state index in [2.05, 4.69) is 0 Å². The number of nitro benzene ring substituents is 1. The standard InChI is InChI=1S/C17H17N3O5S/c1-3-19(4-2)26(23,24)15-8-9-17(16(11-15)20(21)22)25-14-7-5-6-13(10-14)12-18/h5-11H,3-4H2,1-2H3. The Labute approximate surface area is 151 Å². The Kier molecular flexibility index (Phi) is 5.92. The van der Waals surface area contributed by atoms with Gasteiger partial charge in [0.25, 0.3) is 0 Å². The summed E-state index contributed by atoms with van der Waals surface area (Å²) in [5.74, 6) is 0.134. The summed E-state index contributed by atoms with van der Waals surface area (Å²) in [7, 11) is -3.83. The lowest BCUT2D eigenvalue weighted by molar-refractivity contribution is -0.385. The fourth-order valence-corrected chi connectivity index (χ4v) is 3.83. The Hall–Kier alpha value is -2.96. The molecule has 0 bridgehead atoms. The van der Waals surface area contributed by atoms with E-state index in [-0.39, 0.29) is 29.5 Å². The number of rotatable bonds is 7. The van der Waals surface area contributed by atoms with Crippen molar-refractivity contribution in [3.63, 3.8) is 0 Å². The first-order chi connectivity index (χ1) is 12.3. The van der Waals surface area contributed by atoms with Gasteiger partial charge in [0, 0.05) is 19.2 Å². The summed E-state index contributed by atoms with van der Waals surface area (Å²) in [5.41, 5.74) is -0.133. The van der Waals surface area contributed by atoms with Crippen LogP contribution in [0.3, 0.4) is 0 Å². The first kappa shape index (κ1) is 19.4. The topological polar surface area (TPSA) is 114 Å². The number of benzene rings is 2. The normalized spacial score (nSPS) is 11.2. The fourth-order valence-electron chi connectivity index (χ4n) is 2.36. The lowest BCUT2D eigenvalue weighted by Gasteiger charge is -2.18. The van der Waals surface area contributed by atoms with Crippen LogP contribution >= 0.6 is 0 Å². The summed E-state index contributed by atoms with van der Waals surface area (Å²) in [5, 5.41) is 20.3. The number of hydrogen-bond acceptors (Lipinski definition) is 6. The monoisotopic (exact) mass is 375 g/mol. The Balaban J connectivity index is 2.47. The van der Waals surface area contributed by atoms with Crippen LogP contribution in [-0.4, -0.2) is 30.7 Å². The molecule has 0 saturated carbocycles. The maximum absolute atomic E-state index is 12.5. The van der Waals surface area contributed by atoms with Crippen LogP contribution in [0.1, 0.15) is 19.4 Å². The minimum atomic E-state index is -3.83. The molecule has 0 radical (unpaired) electrons. The molecular weight excluding hydrogens is 358 g/mol. The van der Waals surface area contributed by atoms with Gasteiger partial charge in [-0.05, 0) is 30.3 Å². The molecule has 2 rings (SSSR count). The van der Waals surface area contributed by atoms with Crippen molar-refractivity contribution in [1.82, 2.24) is 4.31 Å². The molecule has 0 saturated heterocycles. The largest absolute Gasteiger partial charge is 0.450 e. The smallest absolute Gasteiger partial charge is 0.312 e. The first-order valence-corrected chi connectivity index (χ1v) is 9.24. The Morgan fingerprint density at radius 1 is 1.19 bits per heavy atom. The van der Waals surface area contributed by atoms with Gasteiger partial charge in [-0.1, -0.05) is 19.9 Å². The quantitative estimate of drug-likeness (QED) is 0.542. The summed E-state index contributed by atoms with van der Waals surface area (Å²) in [6, 6.07) is 11.6. The fraction of sp³-hybridized carbons (Fsp3) is 0.235. The van der Waals surface area contributed by atoms with E-state index in [1.165, 1.54) is 22.5 Å². The van der Waals surface area contributed by atoms with Crippen LogP contribution in [0.5, 0.6) is 11.5 Å². The summed E-state index contributed by atoms with van der Waals surface area (Å²) < 4.78 is 31.8. The molecule has 0 aliphatic heterocycles. The zero-order valence-corrected chi connectivity index (χ0v) is 15.1. The third-order valence-corrected chi connectivity index (χ3v) is 5.71. The second-order valence-electron chi connectivity index (χ2n) is 5.22. The van der Waals surface area contributed by atoms with E-state index in [9.17, 15) is 18.5 Å². The summed E-state index contributed by atoms with van der Waals surface area (Å²) >= 11 is 0. The van der Waals surface area contributed by atoms with E-state index in [0.717, 1.165) is 6.07 Å². The van der Waals surface area contributed by atoms with E-state index in [4.69, 9.17) is 10.00 Å². The Morgan fingerprint density at radius 2 is 1.88 bits per heavy atom. The highest BCUT2D eigenvalue weighted by Crippen LogP contribution is 2.34. The van der Waals surface area contributed by atoms with E-state index in [0.29, 0.717) is 5.56 Å². The van der Waals surface area contributed by atoms with Gasteiger partial charge in [0.15, 0.2) is 0 Å². The molecule has 26 heavy (non-hydrogen) atoms. The van der Waals surface area contributed by atoms with Gasteiger partial charge in [-0.25, -0.2) is 8.42 Å². The van der Waals surface area contributed by atoms with Gasteiger partial charge >= 0.3 is 5.69 Å². The average Bonchev–Trinajstić information content (AvgIpc) is 2.62.